The van der Waals surface area contributed by atoms with Crippen molar-refractivity contribution in [1.82, 2.24) is 5.43 Å². The molecule has 0 radical (unpaired) electrons. The number of carbonyl (C=O) groups is 1. The Morgan fingerprint density at radius 2 is 1.48 bits per heavy atom. The lowest BCUT2D eigenvalue weighted by atomic mass is 10.1. The first-order chi connectivity index (χ1) is 13.3. The molecule has 0 aliphatic heterocycles. The molecule has 0 heterocycles. The number of hydrazone groups is 1. The maximum atomic E-state index is 11.8. The highest BCUT2D eigenvalue weighted by molar-refractivity contribution is 6.08. The van der Waals surface area contributed by atoms with Gasteiger partial charge in [-0.1, -0.05) is 92.6 Å². The standard InChI is InChI=1S/C23H26N2O2/c1-2-3-10-19-27-23(26)25-24-22(17-15-20-11-6-4-7-12-20)18-16-21-13-8-5-9-14-21/h4-9,11-18H,2-3,10,19H2,1H3,(H,25,26). The molecule has 0 fully saturated rings. The average Bonchev–Trinajstić information content (AvgIpc) is 2.72. The van der Waals surface area contributed by atoms with E-state index in [1.807, 2.05) is 85.0 Å². The second-order valence-corrected chi connectivity index (χ2v) is 5.98. The van der Waals surface area contributed by atoms with Crippen molar-refractivity contribution in [3.05, 3.63) is 83.9 Å². The summed E-state index contributed by atoms with van der Waals surface area (Å²) < 4.78 is 5.11. The van der Waals surface area contributed by atoms with E-state index in [1.54, 1.807) is 0 Å². The predicted molar refractivity (Wildman–Crippen MR) is 112 cm³/mol. The normalized spacial score (nSPS) is 10.9. The summed E-state index contributed by atoms with van der Waals surface area (Å²) in [4.78, 5) is 11.8. The van der Waals surface area contributed by atoms with E-state index in [1.165, 1.54) is 0 Å². The fourth-order valence-electron chi connectivity index (χ4n) is 2.28. The fraction of sp³-hybridized carbons (Fsp3) is 0.217. The lowest BCUT2D eigenvalue weighted by Crippen LogP contribution is -2.20. The third-order valence-electron chi connectivity index (χ3n) is 3.75. The molecule has 1 N–H and O–H groups in total. The molecule has 2 aromatic rings. The fourth-order valence-corrected chi connectivity index (χ4v) is 2.28. The number of amides is 1. The number of ether oxygens (including phenoxy) is 1. The molecule has 27 heavy (non-hydrogen) atoms. The Kier molecular flexibility index (Phi) is 9.15. The van der Waals surface area contributed by atoms with E-state index in [4.69, 9.17) is 4.74 Å². The molecular weight excluding hydrogens is 336 g/mol. The summed E-state index contributed by atoms with van der Waals surface area (Å²) in [5, 5.41) is 4.17. The third-order valence-corrected chi connectivity index (χ3v) is 3.75. The first-order valence-corrected chi connectivity index (χ1v) is 9.24. The van der Waals surface area contributed by atoms with Crippen molar-refractivity contribution >= 4 is 24.0 Å². The van der Waals surface area contributed by atoms with Crippen LogP contribution in [0.2, 0.25) is 0 Å². The third kappa shape index (κ3) is 8.68. The molecule has 2 aromatic carbocycles. The molecule has 2 rings (SSSR count). The molecule has 0 bridgehead atoms. The molecule has 0 atom stereocenters. The summed E-state index contributed by atoms with van der Waals surface area (Å²) in [7, 11) is 0. The topological polar surface area (TPSA) is 50.7 Å². The van der Waals surface area contributed by atoms with Gasteiger partial charge in [-0.3, -0.25) is 0 Å². The number of nitrogens with zero attached hydrogens (tertiary/aromatic N) is 1. The Hall–Kier alpha value is -3.14. The average molecular weight is 362 g/mol. The van der Waals surface area contributed by atoms with Crippen LogP contribution in [0.4, 0.5) is 4.79 Å². The number of carbonyl (C=O) groups excluding carboxylic acids is 1. The summed E-state index contributed by atoms with van der Waals surface area (Å²) in [6, 6.07) is 19.9. The molecule has 0 unspecified atom stereocenters. The van der Waals surface area contributed by atoms with Crippen molar-refractivity contribution < 1.29 is 9.53 Å². The second kappa shape index (κ2) is 12.3. The largest absolute Gasteiger partial charge is 0.448 e. The minimum Gasteiger partial charge on any atom is -0.448 e. The van der Waals surface area contributed by atoms with Gasteiger partial charge in [-0.2, -0.15) is 5.10 Å². The lowest BCUT2D eigenvalue weighted by molar-refractivity contribution is 0.144. The first-order valence-electron chi connectivity index (χ1n) is 9.24. The van der Waals surface area contributed by atoms with E-state index >= 15 is 0 Å². The summed E-state index contributed by atoms with van der Waals surface area (Å²) in [5.74, 6) is 0. The number of allylic oxidation sites excluding steroid dienone is 2. The molecule has 0 saturated carbocycles. The van der Waals surface area contributed by atoms with Crippen LogP contribution in [0, 0.1) is 0 Å². The molecule has 0 aliphatic rings. The van der Waals surface area contributed by atoms with Gasteiger partial charge < -0.3 is 4.74 Å². The van der Waals surface area contributed by atoms with E-state index in [0.717, 1.165) is 30.4 Å². The number of unbranched alkanes of at least 4 members (excludes halogenated alkanes) is 2. The van der Waals surface area contributed by atoms with Gasteiger partial charge in [-0.25, -0.2) is 10.2 Å². The quantitative estimate of drug-likeness (QED) is 0.354. The summed E-state index contributed by atoms with van der Waals surface area (Å²) in [5.41, 5.74) is 5.19. The highest BCUT2D eigenvalue weighted by Crippen LogP contribution is 2.04. The Labute approximate surface area is 161 Å². The molecule has 0 aromatic heterocycles. The Balaban J connectivity index is 2.03. The van der Waals surface area contributed by atoms with E-state index in [2.05, 4.69) is 17.5 Å². The molecule has 140 valence electrons. The highest BCUT2D eigenvalue weighted by atomic mass is 16.5. The smallest absolute Gasteiger partial charge is 0.427 e. The van der Waals surface area contributed by atoms with E-state index < -0.39 is 6.09 Å². The highest BCUT2D eigenvalue weighted by Gasteiger charge is 2.00. The van der Waals surface area contributed by atoms with Crippen LogP contribution in [0.3, 0.4) is 0 Å². The molecule has 0 aliphatic carbocycles. The van der Waals surface area contributed by atoms with Crippen LogP contribution in [0.25, 0.3) is 12.2 Å². The van der Waals surface area contributed by atoms with Gasteiger partial charge in [-0.15, -0.1) is 0 Å². The second-order valence-electron chi connectivity index (χ2n) is 5.98. The van der Waals surface area contributed by atoms with Gasteiger partial charge >= 0.3 is 6.09 Å². The van der Waals surface area contributed by atoms with Crippen LogP contribution >= 0.6 is 0 Å². The van der Waals surface area contributed by atoms with Gasteiger partial charge in [0, 0.05) is 0 Å². The maximum Gasteiger partial charge on any atom is 0.427 e. The van der Waals surface area contributed by atoms with Crippen molar-refractivity contribution in [3.8, 4) is 0 Å². The van der Waals surface area contributed by atoms with Crippen molar-refractivity contribution in [1.29, 1.82) is 0 Å². The molecule has 4 nitrogen and oxygen atoms in total. The number of nitrogens with one attached hydrogen (secondary N) is 1. The number of hydrogen-bond donors (Lipinski definition) is 1. The van der Waals surface area contributed by atoms with Crippen LogP contribution < -0.4 is 5.43 Å². The molecular formula is C23H26N2O2. The van der Waals surface area contributed by atoms with Gasteiger partial charge in [0.2, 0.25) is 0 Å². The number of hydrogen-bond acceptors (Lipinski definition) is 3. The minimum atomic E-state index is -0.537. The van der Waals surface area contributed by atoms with Gasteiger partial charge in [-0.05, 0) is 29.7 Å². The van der Waals surface area contributed by atoms with Crippen LogP contribution in [-0.2, 0) is 4.74 Å². The van der Waals surface area contributed by atoms with Crippen LogP contribution in [0.15, 0.2) is 77.9 Å². The number of benzene rings is 2. The van der Waals surface area contributed by atoms with Gasteiger partial charge in [0.05, 0.1) is 12.3 Å². The Morgan fingerprint density at radius 1 is 0.926 bits per heavy atom. The lowest BCUT2D eigenvalue weighted by Gasteiger charge is -2.03. The molecule has 0 spiro atoms. The SMILES string of the molecule is CCCCCOC(=O)NN=C(C=Cc1ccccc1)C=Cc1ccccc1. The van der Waals surface area contributed by atoms with Gasteiger partial charge in [0.15, 0.2) is 0 Å². The monoisotopic (exact) mass is 362 g/mol. The molecule has 1 amide bonds. The summed E-state index contributed by atoms with van der Waals surface area (Å²) >= 11 is 0. The zero-order valence-electron chi connectivity index (χ0n) is 15.7. The van der Waals surface area contributed by atoms with E-state index in [-0.39, 0.29) is 0 Å². The Bertz CT molecular complexity index is 714. The van der Waals surface area contributed by atoms with Crippen molar-refractivity contribution in [2.45, 2.75) is 26.2 Å². The van der Waals surface area contributed by atoms with Crippen molar-refractivity contribution in [2.24, 2.45) is 5.10 Å². The zero-order chi connectivity index (χ0) is 19.2. The zero-order valence-corrected chi connectivity index (χ0v) is 15.7. The van der Waals surface area contributed by atoms with Crippen molar-refractivity contribution in [2.75, 3.05) is 6.61 Å². The van der Waals surface area contributed by atoms with E-state index in [9.17, 15) is 4.79 Å². The molecule has 0 saturated heterocycles. The van der Waals surface area contributed by atoms with Gasteiger partial charge in [0.1, 0.15) is 0 Å². The summed E-state index contributed by atoms with van der Waals surface area (Å²) in [6.45, 7) is 2.51. The maximum absolute atomic E-state index is 11.8. The van der Waals surface area contributed by atoms with Crippen molar-refractivity contribution in [3.63, 3.8) is 0 Å². The first kappa shape index (κ1) is 20.2. The molecule has 4 heteroatoms. The van der Waals surface area contributed by atoms with Crippen LogP contribution in [0.1, 0.15) is 37.3 Å². The van der Waals surface area contributed by atoms with Crippen LogP contribution in [-0.4, -0.2) is 18.4 Å². The minimum absolute atomic E-state index is 0.407. The Morgan fingerprint density at radius 3 is 2.00 bits per heavy atom. The summed E-state index contributed by atoms with van der Waals surface area (Å²) in [6.07, 6.45) is 10.1. The van der Waals surface area contributed by atoms with E-state index in [0.29, 0.717) is 12.3 Å². The van der Waals surface area contributed by atoms with Gasteiger partial charge in [0.25, 0.3) is 0 Å². The number of rotatable bonds is 9. The van der Waals surface area contributed by atoms with Crippen LogP contribution in [0.5, 0.6) is 0 Å². The predicted octanol–water partition coefficient (Wildman–Crippen LogP) is 5.69.